The number of hydrogen-bond acceptors (Lipinski definition) is 6. The third kappa shape index (κ3) is 36.5. The topological polar surface area (TPSA) is 93.1 Å². The molecule has 0 amide bonds. The molecule has 0 rings (SSSR count). The van der Waals surface area contributed by atoms with Crippen LogP contribution in [0, 0.1) is 5.92 Å². The zero-order valence-corrected chi connectivity index (χ0v) is 30.6. The maximum absolute atomic E-state index is 12.0. The second-order valence-corrected chi connectivity index (χ2v) is 13.4. The van der Waals surface area contributed by atoms with Gasteiger partial charge in [0.25, 0.3) is 0 Å². The average Bonchev–Trinajstić information content (AvgIpc) is 3.05. The summed E-state index contributed by atoms with van der Waals surface area (Å²) in [7, 11) is 0. The van der Waals surface area contributed by atoms with Gasteiger partial charge in [-0.1, -0.05) is 159 Å². The summed E-state index contributed by atoms with van der Waals surface area (Å²) in [6, 6.07) is 0. The quantitative estimate of drug-likeness (QED) is 0.0315. The van der Waals surface area contributed by atoms with E-state index in [1.165, 1.54) is 83.5 Å². The van der Waals surface area contributed by atoms with E-state index in [-0.39, 0.29) is 31.6 Å². The first kappa shape index (κ1) is 44.8. The Balaban J connectivity index is 3.60. The van der Waals surface area contributed by atoms with Crippen LogP contribution in [0.5, 0.6) is 0 Å². The van der Waals surface area contributed by atoms with Gasteiger partial charge in [-0.3, -0.25) is 9.59 Å². The third-order valence-electron chi connectivity index (χ3n) is 8.08. The molecule has 0 aliphatic heterocycles. The van der Waals surface area contributed by atoms with Crippen molar-refractivity contribution in [3.05, 3.63) is 48.6 Å². The molecule has 2 atom stereocenters. The van der Waals surface area contributed by atoms with E-state index in [2.05, 4.69) is 26.8 Å². The predicted octanol–water partition coefficient (Wildman–Crippen LogP) is 10.7. The molecule has 0 aromatic rings. The van der Waals surface area contributed by atoms with Gasteiger partial charge < -0.3 is 19.7 Å². The van der Waals surface area contributed by atoms with Gasteiger partial charge in [-0.25, -0.2) is 0 Å². The number of rotatable bonds is 33. The van der Waals surface area contributed by atoms with Crippen LogP contribution in [0.1, 0.15) is 168 Å². The van der Waals surface area contributed by atoms with Crippen molar-refractivity contribution in [3.63, 3.8) is 0 Å². The molecular weight excluding hydrogens is 588 g/mol. The first-order chi connectivity index (χ1) is 22.8. The Hall–Kier alpha value is -2.18. The van der Waals surface area contributed by atoms with Crippen molar-refractivity contribution in [2.75, 3.05) is 13.2 Å². The van der Waals surface area contributed by atoms with Crippen LogP contribution in [0.2, 0.25) is 0 Å². The van der Waals surface area contributed by atoms with Crippen LogP contribution in [0.4, 0.5) is 0 Å². The molecule has 0 radical (unpaired) electrons. The maximum atomic E-state index is 12.0. The van der Waals surface area contributed by atoms with Gasteiger partial charge in [-0.05, 0) is 50.9 Å². The molecule has 0 aliphatic carbocycles. The summed E-state index contributed by atoms with van der Waals surface area (Å²) < 4.78 is 10.3. The number of aliphatic hydroxyl groups is 2. The highest BCUT2D eigenvalue weighted by Crippen LogP contribution is 2.14. The predicted molar refractivity (Wildman–Crippen MR) is 197 cm³/mol. The number of allylic oxidation sites excluding steroid dienone is 6. The van der Waals surface area contributed by atoms with Crippen molar-refractivity contribution in [1.29, 1.82) is 0 Å². The summed E-state index contributed by atoms with van der Waals surface area (Å²) in [6.07, 6.45) is 39.1. The molecule has 0 heterocycles. The van der Waals surface area contributed by atoms with Gasteiger partial charge in [-0.15, -0.1) is 0 Å². The molecule has 2 N–H and O–H groups in total. The minimum atomic E-state index is -1.00. The lowest BCUT2D eigenvalue weighted by atomic mass is 10.0. The SMILES string of the molecule is CCCCC/C=C\C=C/[C@@H](O)C/C=C\C/C=C/CCCC(=O)OC[C@H](O)COC(=O)CCCCCCCCCCCCCCC(C)C. The second-order valence-electron chi connectivity index (χ2n) is 13.4. The van der Waals surface area contributed by atoms with E-state index in [9.17, 15) is 19.8 Å². The molecule has 0 bridgehead atoms. The van der Waals surface area contributed by atoms with Crippen LogP contribution >= 0.6 is 0 Å². The Bertz CT molecular complexity index is 828. The van der Waals surface area contributed by atoms with Gasteiger partial charge in [0.05, 0.1) is 6.10 Å². The van der Waals surface area contributed by atoms with Crippen LogP contribution in [-0.2, 0) is 19.1 Å². The Morgan fingerprint density at radius 1 is 0.596 bits per heavy atom. The average molecular weight is 661 g/mol. The number of ether oxygens (including phenoxy) is 2. The fourth-order valence-corrected chi connectivity index (χ4v) is 5.11. The number of aliphatic hydroxyl groups excluding tert-OH is 2. The van der Waals surface area contributed by atoms with Crippen molar-refractivity contribution >= 4 is 11.9 Å². The monoisotopic (exact) mass is 661 g/mol. The molecule has 0 aliphatic rings. The smallest absolute Gasteiger partial charge is 0.305 e. The fourth-order valence-electron chi connectivity index (χ4n) is 5.11. The van der Waals surface area contributed by atoms with Crippen molar-refractivity contribution in [1.82, 2.24) is 0 Å². The van der Waals surface area contributed by atoms with Crippen LogP contribution in [0.15, 0.2) is 48.6 Å². The number of hydrogen-bond donors (Lipinski definition) is 2. The number of unbranched alkanes of at least 4 members (excludes halogenated alkanes) is 15. The normalized spacial score (nSPS) is 13.5. The van der Waals surface area contributed by atoms with Gasteiger partial charge in [-0.2, -0.15) is 0 Å². The Morgan fingerprint density at radius 3 is 1.72 bits per heavy atom. The highest BCUT2D eigenvalue weighted by Gasteiger charge is 2.12. The van der Waals surface area contributed by atoms with Gasteiger partial charge >= 0.3 is 11.9 Å². The molecule has 0 saturated carbocycles. The lowest BCUT2D eigenvalue weighted by Gasteiger charge is -2.12. The molecule has 0 fully saturated rings. The van der Waals surface area contributed by atoms with E-state index in [1.54, 1.807) is 0 Å². The third-order valence-corrected chi connectivity index (χ3v) is 8.08. The molecule has 47 heavy (non-hydrogen) atoms. The van der Waals surface area contributed by atoms with E-state index in [4.69, 9.17) is 9.47 Å². The molecule has 0 saturated heterocycles. The zero-order chi connectivity index (χ0) is 34.6. The van der Waals surface area contributed by atoms with Crippen molar-refractivity contribution in [2.45, 2.75) is 181 Å². The van der Waals surface area contributed by atoms with Crippen molar-refractivity contribution in [3.8, 4) is 0 Å². The summed E-state index contributed by atoms with van der Waals surface area (Å²) in [5, 5.41) is 20.0. The van der Waals surface area contributed by atoms with Crippen LogP contribution in [-0.4, -0.2) is 47.6 Å². The van der Waals surface area contributed by atoms with Crippen molar-refractivity contribution in [2.24, 2.45) is 5.92 Å². The molecule has 6 heteroatoms. The molecule has 272 valence electrons. The zero-order valence-electron chi connectivity index (χ0n) is 30.6. The van der Waals surface area contributed by atoms with Gasteiger partial charge in [0.2, 0.25) is 0 Å². The number of esters is 2. The first-order valence-corrected chi connectivity index (χ1v) is 19.2. The highest BCUT2D eigenvalue weighted by atomic mass is 16.6. The van der Waals surface area contributed by atoms with E-state index in [0.29, 0.717) is 19.3 Å². The fraction of sp³-hybridized carbons (Fsp3) is 0.756. The second kappa shape index (κ2) is 35.1. The summed E-state index contributed by atoms with van der Waals surface area (Å²) >= 11 is 0. The molecular formula is C41H72O6. The van der Waals surface area contributed by atoms with Gasteiger partial charge in [0, 0.05) is 12.8 Å². The number of carbonyl (C=O) groups excluding carboxylic acids is 2. The Morgan fingerprint density at radius 2 is 1.13 bits per heavy atom. The summed E-state index contributed by atoms with van der Waals surface area (Å²) in [5.74, 6) is 0.165. The summed E-state index contributed by atoms with van der Waals surface area (Å²) in [4.78, 5) is 23.9. The van der Waals surface area contributed by atoms with Gasteiger partial charge in [0.15, 0.2) is 0 Å². The van der Waals surface area contributed by atoms with Gasteiger partial charge in [0.1, 0.15) is 19.3 Å². The molecule has 0 aromatic carbocycles. The first-order valence-electron chi connectivity index (χ1n) is 19.2. The summed E-state index contributed by atoms with van der Waals surface area (Å²) in [5.41, 5.74) is 0. The van der Waals surface area contributed by atoms with Crippen LogP contribution in [0.25, 0.3) is 0 Å². The Labute approximate surface area is 289 Å². The lowest BCUT2D eigenvalue weighted by Crippen LogP contribution is -2.25. The Kier molecular flexibility index (Phi) is 33.5. The largest absolute Gasteiger partial charge is 0.463 e. The molecule has 0 aromatic heterocycles. The van der Waals surface area contributed by atoms with E-state index in [0.717, 1.165) is 44.4 Å². The van der Waals surface area contributed by atoms with E-state index >= 15 is 0 Å². The highest BCUT2D eigenvalue weighted by molar-refractivity contribution is 5.69. The molecule has 6 nitrogen and oxygen atoms in total. The van der Waals surface area contributed by atoms with Crippen molar-refractivity contribution < 1.29 is 29.3 Å². The minimum Gasteiger partial charge on any atom is -0.463 e. The lowest BCUT2D eigenvalue weighted by molar-refractivity contribution is -0.152. The standard InChI is InChI=1S/C41H72O6/c1-4-5-6-7-15-21-26-31-38(42)32-27-22-17-14-19-24-29-34-41(45)47-36-39(43)35-46-40(44)33-28-23-18-13-11-9-8-10-12-16-20-25-30-37(2)3/h14-15,19,21-22,26-27,31,37-39,42-43H,4-13,16-18,20,23-25,28-30,32-36H2,1-3H3/b19-14+,21-15-,27-22-,31-26-/t38-,39-/m1/s1. The maximum Gasteiger partial charge on any atom is 0.305 e. The van der Waals surface area contributed by atoms with E-state index in [1.807, 2.05) is 42.5 Å². The number of carbonyl (C=O) groups is 2. The molecule has 0 unspecified atom stereocenters. The van der Waals surface area contributed by atoms with E-state index < -0.39 is 12.2 Å². The minimum absolute atomic E-state index is 0.149. The van der Waals surface area contributed by atoms with Crippen LogP contribution in [0.3, 0.4) is 0 Å². The summed E-state index contributed by atoms with van der Waals surface area (Å²) in [6.45, 7) is 6.48. The van der Waals surface area contributed by atoms with Crippen LogP contribution < -0.4 is 0 Å². The molecule has 0 spiro atoms.